The van der Waals surface area contributed by atoms with Gasteiger partial charge in [0.2, 0.25) is 0 Å². The second-order valence-corrected chi connectivity index (χ2v) is 16.7. The fraction of sp³-hybridized carbons (Fsp3) is 0.667. The minimum atomic E-state index is -0.786. The first-order valence-corrected chi connectivity index (χ1v) is 25.7. The molecule has 0 saturated carbocycles. The van der Waals surface area contributed by atoms with Crippen LogP contribution in [0.15, 0.2) is 97.2 Å². The zero-order chi connectivity index (χ0) is 45.8. The molecule has 0 aromatic carbocycles. The van der Waals surface area contributed by atoms with Crippen molar-refractivity contribution in [2.75, 3.05) is 13.2 Å². The summed E-state index contributed by atoms with van der Waals surface area (Å²) in [7, 11) is 0. The van der Waals surface area contributed by atoms with Crippen molar-refractivity contribution >= 4 is 17.9 Å². The molecule has 1 unspecified atom stereocenters. The normalized spacial score (nSPS) is 12.9. The zero-order valence-electron chi connectivity index (χ0n) is 40.8. The Labute approximate surface area is 387 Å². The molecule has 0 saturated heterocycles. The molecular formula is C57H94O6. The quantitative estimate of drug-likeness (QED) is 0.0262. The van der Waals surface area contributed by atoms with E-state index in [1.807, 2.05) is 0 Å². The molecule has 0 aromatic heterocycles. The van der Waals surface area contributed by atoms with Gasteiger partial charge in [0.1, 0.15) is 13.2 Å². The largest absolute Gasteiger partial charge is 0.462 e. The molecule has 0 amide bonds. The van der Waals surface area contributed by atoms with Crippen LogP contribution < -0.4 is 0 Å². The number of allylic oxidation sites excluding steroid dienone is 16. The predicted molar refractivity (Wildman–Crippen MR) is 270 cm³/mol. The number of ether oxygens (including phenoxy) is 3. The fourth-order valence-electron chi connectivity index (χ4n) is 6.70. The van der Waals surface area contributed by atoms with Crippen LogP contribution in [-0.2, 0) is 28.6 Å². The molecule has 63 heavy (non-hydrogen) atoms. The molecular weight excluding hydrogens is 781 g/mol. The van der Waals surface area contributed by atoms with E-state index < -0.39 is 6.10 Å². The fourth-order valence-corrected chi connectivity index (χ4v) is 6.70. The van der Waals surface area contributed by atoms with Gasteiger partial charge in [-0.3, -0.25) is 14.4 Å². The van der Waals surface area contributed by atoms with E-state index in [4.69, 9.17) is 14.2 Å². The predicted octanol–water partition coefficient (Wildman–Crippen LogP) is 17.0. The van der Waals surface area contributed by atoms with Crippen LogP contribution in [0.25, 0.3) is 0 Å². The van der Waals surface area contributed by atoms with Crippen LogP contribution in [0.2, 0.25) is 0 Å². The first-order valence-electron chi connectivity index (χ1n) is 25.7. The summed E-state index contributed by atoms with van der Waals surface area (Å²) in [5.74, 6) is -0.930. The molecule has 0 aliphatic carbocycles. The number of hydrogen-bond acceptors (Lipinski definition) is 6. The summed E-state index contributed by atoms with van der Waals surface area (Å²) in [5.41, 5.74) is 0. The van der Waals surface area contributed by atoms with E-state index in [1.165, 1.54) is 51.4 Å². The first kappa shape index (κ1) is 59.3. The Bertz CT molecular complexity index is 1280. The standard InChI is InChI=1S/C57H94O6/c1-4-7-10-13-16-18-20-21-22-23-24-25-26-27-28-29-30-31-32-33-34-35-37-38-41-44-47-50-56(59)62-53-54(52-61-55(58)49-46-43-40-15-12-9-6-3)63-57(60)51-48-45-42-39-36-19-17-14-11-8-5-2/h7,10,14,16-18,21-22,24-25,27-28,30-31,33-34,54H,4-6,8-9,11-13,15,19-20,23,26,29,32,35-53H2,1-3H3/b10-7-,17-14-,18-16-,22-21-,25-24-,28-27-,31-30-,34-33-. The van der Waals surface area contributed by atoms with E-state index in [9.17, 15) is 14.4 Å². The molecule has 0 heterocycles. The Kier molecular flexibility index (Phi) is 48.0. The van der Waals surface area contributed by atoms with Crippen LogP contribution in [0.3, 0.4) is 0 Å². The van der Waals surface area contributed by atoms with Crippen molar-refractivity contribution in [1.82, 2.24) is 0 Å². The van der Waals surface area contributed by atoms with Crippen LogP contribution in [0.4, 0.5) is 0 Å². The van der Waals surface area contributed by atoms with E-state index in [0.717, 1.165) is 135 Å². The maximum atomic E-state index is 12.7. The molecule has 0 aromatic rings. The van der Waals surface area contributed by atoms with Gasteiger partial charge in [-0.25, -0.2) is 0 Å². The molecule has 0 radical (unpaired) electrons. The molecule has 0 bridgehead atoms. The highest BCUT2D eigenvalue weighted by Crippen LogP contribution is 2.13. The zero-order valence-corrected chi connectivity index (χ0v) is 40.8. The van der Waals surface area contributed by atoms with Crippen molar-refractivity contribution in [2.45, 2.75) is 232 Å². The van der Waals surface area contributed by atoms with Gasteiger partial charge in [0, 0.05) is 19.3 Å². The second-order valence-electron chi connectivity index (χ2n) is 16.7. The van der Waals surface area contributed by atoms with Crippen molar-refractivity contribution in [3.8, 4) is 0 Å². The van der Waals surface area contributed by atoms with Crippen LogP contribution in [0.5, 0.6) is 0 Å². The lowest BCUT2D eigenvalue weighted by Crippen LogP contribution is -2.30. The van der Waals surface area contributed by atoms with Gasteiger partial charge >= 0.3 is 17.9 Å². The molecule has 0 aliphatic heterocycles. The van der Waals surface area contributed by atoms with Gasteiger partial charge in [0.15, 0.2) is 6.10 Å². The number of carbonyl (C=O) groups excluding carboxylic acids is 3. The van der Waals surface area contributed by atoms with Crippen molar-refractivity contribution < 1.29 is 28.6 Å². The summed E-state index contributed by atoms with van der Waals surface area (Å²) in [4.78, 5) is 37.7. The van der Waals surface area contributed by atoms with Crippen LogP contribution >= 0.6 is 0 Å². The summed E-state index contributed by atoms with van der Waals surface area (Å²) in [6, 6.07) is 0. The van der Waals surface area contributed by atoms with E-state index in [2.05, 4.69) is 118 Å². The smallest absolute Gasteiger partial charge is 0.306 e. The Morgan fingerprint density at radius 3 is 1.03 bits per heavy atom. The average Bonchev–Trinajstić information content (AvgIpc) is 3.28. The molecule has 0 spiro atoms. The highest BCUT2D eigenvalue weighted by Gasteiger charge is 2.19. The molecule has 1 atom stereocenters. The van der Waals surface area contributed by atoms with E-state index >= 15 is 0 Å². The Hall–Kier alpha value is -3.67. The van der Waals surface area contributed by atoms with Gasteiger partial charge in [-0.2, -0.15) is 0 Å². The Balaban J connectivity index is 4.22. The molecule has 0 fully saturated rings. The highest BCUT2D eigenvalue weighted by atomic mass is 16.6. The van der Waals surface area contributed by atoms with Crippen molar-refractivity contribution in [3.05, 3.63) is 97.2 Å². The number of carbonyl (C=O) groups is 3. The van der Waals surface area contributed by atoms with Gasteiger partial charge in [0.05, 0.1) is 0 Å². The van der Waals surface area contributed by atoms with E-state index in [-0.39, 0.29) is 31.1 Å². The summed E-state index contributed by atoms with van der Waals surface area (Å²) in [6.45, 7) is 6.40. The van der Waals surface area contributed by atoms with Crippen LogP contribution in [-0.4, -0.2) is 37.2 Å². The van der Waals surface area contributed by atoms with Gasteiger partial charge in [-0.15, -0.1) is 0 Å². The van der Waals surface area contributed by atoms with Gasteiger partial charge in [-0.05, 0) is 96.3 Å². The van der Waals surface area contributed by atoms with E-state index in [0.29, 0.717) is 19.3 Å². The average molecular weight is 875 g/mol. The summed E-state index contributed by atoms with van der Waals surface area (Å²) in [5, 5.41) is 0. The topological polar surface area (TPSA) is 78.9 Å². The minimum Gasteiger partial charge on any atom is -0.462 e. The number of rotatable bonds is 45. The lowest BCUT2D eigenvalue weighted by molar-refractivity contribution is -0.167. The minimum absolute atomic E-state index is 0.0873. The monoisotopic (exact) mass is 875 g/mol. The number of hydrogen-bond donors (Lipinski definition) is 0. The molecule has 0 N–H and O–H groups in total. The molecule has 6 nitrogen and oxygen atoms in total. The number of esters is 3. The maximum absolute atomic E-state index is 12.7. The van der Waals surface area contributed by atoms with E-state index in [1.54, 1.807) is 0 Å². The third kappa shape index (κ3) is 49.2. The molecule has 6 heteroatoms. The van der Waals surface area contributed by atoms with Gasteiger partial charge in [0.25, 0.3) is 0 Å². The van der Waals surface area contributed by atoms with Crippen LogP contribution in [0, 0.1) is 0 Å². The molecule has 0 aliphatic rings. The lowest BCUT2D eigenvalue weighted by Gasteiger charge is -2.18. The Morgan fingerprint density at radius 2 is 0.635 bits per heavy atom. The third-order valence-electron chi connectivity index (χ3n) is 10.6. The van der Waals surface area contributed by atoms with Crippen LogP contribution in [0.1, 0.15) is 226 Å². The first-order chi connectivity index (χ1) is 31.0. The summed E-state index contributed by atoms with van der Waals surface area (Å²) >= 11 is 0. The molecule has 0 rings (SSSR count). The third-order valence-corrected chi connectivity index (χ3v) is 10.6. The van der Waals surface area contributed by atoms with Crippen molar-refractivity contribution in [1.29, 1.82) is 0 Å². The lowest BCUT2D eigenvalue weighted by atomic mass is 10.1. The molecule has 358 valence electrons. The van der Waals surface area contributed by atoms with Crippen molar-refractivity contribution in [2.24, 2.45) is 0 Å². The SMILES string of the molecule is CC/C=C\C/C=C\C/C=C\C/C=C\C/C=C\C/C=C\C/C=C\CCCCCCCC(=O)OCC(COC(=O)CCCCCCCCC)OC(=O)CCCCCCC/C=C\CCCC. The number of unbranched alkanes of at least 4 members (excludes halogenated alkanes) is 18. The summed E-state index contributed by atoms with van der Waals surface area (Å²) < 4.78 is 16.7. The highest BCUT2D eigenvalue weighted by molar-refractivity contribution is 5.71. The Morgan fingerprint density at radius 1 is 0.333 bits per heavy atom. The second kappa shape index (κ2) is 51.0. The van der Waals surface area contributed by atoms with Gasteiger partial charge < -0.3 is 14.2 Å². The summed E-state index contributed by atoms with van der Waals surface area (Å²) in [6.07, 6.45) is 67.0. The van der Waals surface area contributed by atoms with Gasteiger partial charge in [-0.1, -0.05) is 208 Å². The maximum Gasteiger partial charge on any atom is 0.306 e. The van der Waals surface area contributed by atoms with Crippen molar-refractivity contribution in [3.63, 3.8) is 0 Å².